The standard InChI is InChI=1S/C11H11NO7/c13-7-2-1-5(3-8(7)14)10(17)12-6(11(18)19)4-9(15)16/h1-3,6,13-14H,4H2,(H,12,17)(H,15,16)(H,18,19)/t6-/m1/s1. The van der Waals surface area contributed by atoms with E-state index in [4.69, 9.17) is 15.3 Å². The quantitative estimate of drug-likeness (QED) is 0.464. The lowest BCUT2D eigenvalue weighted by molar-refractivity contribution is -0.145. The van der Waals surface area contributed by atoms with Crippen molar-refractivity contribution in [3.8, 4) is 11.5 Å². The summed E-state index contributed by atoms with van der Waals surface area (Å²) in [5.74, 6) is -4.71. The fourth-order valence-corrected chi connectivity index (χ4v) is 1.28. The van der Waals surface area contributed by atoms with E-state index in [0.29, 0.717) is 0 Å². The number of nitrogens with one attached hydrogen (secondary N) is 1. The van der Waals surface area contributed by atoms with E-state index >= 15 is 0 Å². The highest BCUT2D eigenvalue weighted by molar-refractivity contribution is 5.97. The molecule has 0 saturated heterocycles. The molecule has 1 rings (SSSR count). The van der Waals surface area contributed by atoms with E-state index in [9.17, 15) is 19.5 Å². The molecule has 1 amide bonds. The van der Waals surface area contributed by atoms with Crippen molar-refractivity contribution in [3.05, 3.63) is 23.8 Å². The molecule has 0 aromatic heterocycles. The molecular weight excluding hydrogens is 258 g/mol. The van der Waals surface area contributed by atoms with Crippen LogP contribution in [0.3, 0.4) is 0 Å². The maximum atomic E-state index is 11.6. The van der Waals surface area contributed by atoms with Gasteiger partial charge in [0.1, 0.15) is 6.04 Å². The van der Waals surface area contributed by atoms with Crippen molar-refractivity contribution in [2.24, 2.45) is 0 Å². The third kappa shape index (κ3) is 3.87. The molecule has 0 spiro atoms. The molecule has 1 aromatic carbocycles. The monoisotopic (exact) mass is 269 g/mol. The minimum absolute atomic E-state index is 0.105. The summed E-state index contributed by atoms with van der Waals surface area (Å²) in [5.41, 5.74) is -0.105. The number of amides is 1. The number of hydrogen-bond acceptors (Lipinski definition) is 5. The Bertz CT molecular complexity index is 526. The van der Waals surface area contributed by atoms with Crippen LogP contribution in [0, 0.1) is 0 Å². The van der Waals surface area contributed by atoms with Crippen LogP contribution in [0.15, 0.2) is 18.2 Å². The van der Waals surface area contributed by atoms with Gasteiger partial charge in [0.2, 0.25) is 0 Å². The average Bonchev–Trinajstić information content (AvgIpc) is 2.31. The Morgan fingerprint density at radius 1 is 1.11 bits per heavy atom. The van der Waals surface area contributed by atoms with Gasteiger partial charge in [0.25, 0.3) is 5.91 Å². The van der Waals surface area contributed by atoms with Gasteiger partial charge in [0.15, 0.2) is 11.5 Å². The molecule has 102 valence electrons. The third-order valence-electron chi connectivity index (χ3n) is 2.22. The topological polar surface area (TPSA) is 144 Å². The second-order valence-corrected chi connectivity index (χ2v) is 3.67. The molecule has 1 aromatic rings. The van der Waals surface area contributed by atoms with Crippen LogP contribution in [-0.2, 0) is 9.59 Å². The van der Waals surface area contributed by atoms with Gasteiger partial charge >= 0.3 is 11.9 Å². The van der Waals surface area contributed by atoms with Gasteiger partial charge in [0.05, 0.1) is 6.42 Å². The predicted octanol–water partition coefficient (Wildman–Crippen LogP) is -0.245. The maximum absolute atomic E-state index is 11.6. The van der Waals surface area contributed by atoms with Gasteiger partial charge in [-0.2, -0.15) is 0 Å². The third-order valence-corrected chi connectivity index (χ3v) is 2.22. The number of phenols is 2. The summed E-state index contributed by atoms with van der Waals surface area (Å²) in [5, 5.41) is 37.5. The van der Waals surface area contributed by atoms with Gasteiger partial charge in [-0.25, -0.2) is 4.79 Å². The number of carbonyl (C=O) groups is 3. The molecule has 0 heterocycles. The lowest BCUT2D eigenvalue weighted by Crippen LogP contribution is -2.42. The second-order valence-electron chi connectivity index (χ2n) is 3.67. The van der Waals surface area contributed by atoms with Crippen LogP contribution in [0.4, 0.5) is 0 Å². The van der Waals surface area contributed by atoms with Gasteiger partial charge in [0, 0.05) is 5.56 Å². The Balaban J connectivity index is 2.84. The van der Waals surface area contributed by atoms with E-state index in [1.807, 2.05) is 5.32 Å². The van der Waals surface area contributed by atoms with Crippen LogP contribution in [0.2, 0.25) is 0 Å². The molecule has 0 aliphatic carbocycles. The highest BCUT2D eigenvalue weighted by Crippen LogP contribution is 2.24. The van der Waals surface area contributed by atoms with Crippen LogP contribution in [0.25, 0.3) is 0 Å². The zero-order chi connectivity index (χ0) is 14.6. The first kappa shape index (κ1) is 14.3. The fourth-order valence-electron chi connectivity index (χ4n) is 1.28. The molecule has 8 nitrogen and oxygen atoms in total. The average molecular weight is 269 g/mol. The van der Waals surface area contributed by atoms with E-state index < -0.39 is 41.8 Å². The summed E-state index contributed by atoms with van der Waals surface area (Å²) in [7, 11) is 0. The number of rotatable bonds is 5. The van der Waals surface area contributed by atoms with Crippen molar-refractivity contribution in [1.29, 1.82) is 0 Å². The van der Waals surface area contributed by atoms with Crippen molar-refractivity contribution in [2.45, 2.75) is 12.5 Å². The minimum atomic E-state index is -1.58. The number of carboxylic acids is 2. The van der Waals surface area contributed by atoms with Crippen LogP contribution in [0.5, 0.6) is 11.5 Å². The SMILES string of the molecule is O=C(O)C[C@@H](NC(=O)c1ccc(O)c(O)c1)C(=O)O. The van der Waals surface area contributed by atoms with Crippen LogP contribution < -0.4 is 5.32 Å². The zero-order valence-electron chi connectivity index (χ0n) is 9.53. The first-order chi connectivity index (χ1) is 8.81. The number of aromatic hydroxyl groups is 2. The van der Waals surface area contributed by atoms with Crippen LogP contribution >= 0.6 is 0 Å². The molecule has 1 atom stereocenters. The van der Waals surface area contributed by atoms with Gasteiger partial charge in [-0.15, -0.1) is 0 Å². The van der Waals surface area contributed by atoms with Gasteiger partial charge in [-0.3, -0.25) is 9.59 Å². The first-order valence-corrected chi connectivity index (χ1v) is 5.08. The van der Waals surface area contributed by atoms with Crippen molar-refractivity contribution in [3.63, 3.8) is 0 Å². The molecule has 0 saturated carbocycles. The summed E-state index contributed by atoms with van der Waals surface area (Å²) in [6.07, 6.45) is -0.773. The highest BCUT2D eigenvalue weighted by Gasteiger charge is 2.23. The Morgan fingerprint density at radius 3 is 2.21 bits per heavy atom. The lowest BCUT2D eigenvalue weighted by Gasteiger charge is -2.12. The van der Waals surface area contributed by atoms with Crippen molar-refractivity contribution in [2.75, 3.05) is 0 Å². The molecule has 0 unspecified atom stereocenters. The first-order valence-electron chi connectivity index (χ1n) is 5.08. The summed E-state index contributed by atoms with van der Waals surface area (Å²) >= 11 is 0. The predicted molar refractivity (Wildman–Crippen MR) is 60.9 cm³/mol. The number of aliphatic carboxylic acids is 2. The summed E-state index contributed by atoms with van der Waals surface area (Å²) < 4.78 is 0. The summed E-state index contributed by atoms with van der Waals surface area (Å²) in [6, 6.07) is 1.56. The normalized spacial score (nSPS) is 11.6. The van der Waals surface area contributed by atoms with Crippen molar-refractivity contribution < 1.29 is 34.8 Å². The molecule has 0 aliphatic rings. The Kier molecular flexibility index (Phi) is 4.30. The maximum Gasteiger partial charge on any atom is 0.326 e. The molecule has 0 radical (unpaired) electrons. The number of phenolic OH excluding ortho intramolecular Hbond substituents is 2. The molecule has 0 aliphatic heterocycles. The number of carboxylic acid groups (broad SMARTS) is 2. The largest absolute Gasteiger partial charge is 0.504 e. The van der Waals surface area contributed by atoms with Crippen molar-refractivity contribution >= 4 is 17.8 Å². The summed E-state index contributed by atoms with van der Waals surface area (Å²) in [4.78, 5) is 32.8. The highest BCUT2D eigenvalue weighted by atomic mass is 16.4. The fraction of sp³-hybridized carbons (Fsp3) is 0.182. The van der Waals surface area contributed by atoms with E-state index in [0.717, 1.165) is 18.2 Å². The minimum Gasteiger partial charge on any atom is -0.504 e. The summed E-state index contributed by atoms with van der Waals surface area (Å²) in [6.45, 7) is 0. The molecule has 0 fully saturated rings. The molecule has 5 N–H and O–H groups in total. The van der Waals surface area contributed by atoms with E-state index in [1.165, 1.54) is 0 Å². The molecule has 0 bridgehead atoms. The molecule has 19 heavy (non-hydrogen) atoms. The van der Waals surface area contributed by atoms with Crippen LogP contribution in [-0.4, -0.2) is 44.3 Å². The van der Waals surface area contributed by atoms with E-state index in [-0.39, 0.29) is 5.56 Å². The van der Waals surface area contributed by atoms with Gasteiger partial charge < -0.3 is 25.7 Å². The van der Waals surface area contributed by atoms with E-state index in [1.54, 1.807) is 0 Å². The van der Waals surface area contributed by atoms with E-state index in [2.05, 4.69) is 0 Å². The number of benzene rings is 1. The van der Waals surface area contributed by atoms with Crippen molar-refractivity contribution in [1.82, 2.24) is 5.32 Å². The smallest absolute Gasteiger partial charge is 0.326 e. The Hall–Kier alpha value is -2.77. The van der Waals surface area contributed by atoms with Gasteiger partial charge in [-0.05, 0) is 18.2 Å². The lowest BCUT2D eigenvalue weighted by atomic mass is 10.1. The van der Waals surface area contributed by atoms with Gasteiger partial charge in [-0.1, -0.05) is 0 Å². The molecule has 8 heteroatoms. The molecular formula is C11H11NO7. The number of hydrogen-bond donors (Lipinski definition) is 5. The Labute approximate surface area is 106 Å². The Morgan fingerprint density at radius 2 is 1.74 bits per heavy atom. The number of carbonyl (C=O) groups excluding carboxylic acids is 1. The van der Waals surface area contributed by atoms with Crippen LogP contribution in [0.1, 0.15) is 16.8 Å². The second kappa shape index (κ2) is 5.71. The zero-order valence-corrected chi connectivity index (χ0v) is 9.53.